The van der Waals surface area contributed by atoms with Gasteiger partial charge in [-0.3, -0.25) is 5.32 Å². The van der Waals surface area contributed by atoms with Gasteiger partial charge >= 0.3 is 6.09 Å². The molecule has 0 unspecified atom stereocenters. The Hall–Kier alpha value is -2.81. The molecule has 7 nitrogen and oxygen atoms in total. The van der Waals surface area contributed by atoms with Crippen LogP contribution >= 0.6 is 11.3 Å². The Labute approximate surface area is 165 Å². The monoisotopic (exact) mass is 397 g/mol. The Balaban J connectivity index is 1.62. The van der Waals surface area contributed by atoms with Gasteiger partial charge in [-0.05, 0) is 47.7 Å². The quantitative estimate of drug-likeness (QED) is 0.682. The first kappa shape index (κ1) is 18.5. The van der Waals surface area contributed by atoms with Crippen molar-refractivity contribution in [3.05, 3.63) is 47.5 Å². The van der Waals surface area contributed by atoms with Crippen molar-refractivity contribution in [3.63, 3.8) is 0 Å². The minimum absolute atomic E-state index is 0.0396. The number of benzene rings is 1. The van der Waals surface area contributed by atoms with Crippen molar-refractivity contribution in [1.29, 1.82) is 0 Å². The summed E-state index contributed by atoms with van der Waals surface area (Å²) in [7, 11) is 0. The molecular weight excluding hydrogens is 378 g/mol. The number of ether oxygens (including phenoxy) is 2. The van der Waals surface area contributed by atoms with Crippen LogP contribution in [0.1, 0.15) is 12.1 Å². The van der Waals surface area contributed by atoms with Gasteiger partial charge in [-0.1, -0.05) is 6.08 Å². The third-order valence-electron chi connectivity index (χ3n) is 4.29. The molecule has 28 heavy (non-hydrogen) atoms. The van der Waals surface area contributed by atoms with E-state index in [9.17, 15) is 4.79 Å². The number of hydrogen-bond donors (Lipinski definition) is 2. The fourth-order valence-corrected chi connectivity index (χ4v) is 3.80. The largest absolute Gasteiger partial charge is 0.447 e. The Morgan fingerprint density at radius 1 is 1.25 bits per heavy atom. The third-order valence-corrected chi connectivity index (χ3v) is 5.20. The van der Waals surface area contributed by atoms with E-state index in [1.165, 1.54) is 5.57 Å². The van der Waals surface area contributed by atoms with Crippen LogP contribution < -0.4 is 5.32 Å². The average Bonchev–Trinajstić information content (AvgIpc) is 3.21. The van der Waals surface area contributed by atoms with Crippen LogP contribution in [0.15, 0.2) is 41.8 Å². The molecule has 0 saturated heterocycles. The second-order valence-electron chi connectivity index (χ2n) is 6.15. The Kier molecular flexibility index (Phi) is 5.61. The van der Waals surface area contributed by atoms with Crippen molar-refractivity contribution in [1.82, 2.24) is 9.97 Å². The van der Waals surface area contributed by atoms with Crippen LogP contribution in [0.25, 0.3) is 27.2 Å². The number of fused-ring (bicyclic) bond motifs is 1. The minimum Gasteiger partial charge on any atom is -0.447 e. The van der Waals surface area contributed by atoms with Gasteiger partial charge in [-0.15, -0.1) is 11.3 Å². The zero-order valence-corrected chi connectivity index (χ0v) is 15.9. The number of aliphatic hydroxyl groups excluding tert-OH is 1. The second kappa shape index (κ2) is 8.47. The molecule has 3 aromatic rings. The molecule has 3 heterocycles. The molecule has 0 radical (unpaired) electrons. The molecule has 144 valence electrons. The average molecular weight is 397 g/mol. The van der Waals surface area contributed by atoms with Crippen molar-refractivity contribution in [2.45, 2.75) is 6.42 Å². The van der Waals surface area contributed by atoms with Crippen molar-refractivity contribution < 1.29 is 19.4 Å². The molecule has 0 atom stereocenters. The molecule has 1 aliphatic rings. The molecule has 1 aliphatic heterocycles. The molecule has 2 N–H and O–H groups in total. The van der Waals surface area contributed by atoms with Crippen LogP contribution in [-0.4, -0.2) is 47.6 Å². The lowest BCUT2D eigenvalue weighted by Crippen LogP contribution is -2.15. The number of nitrogens with one attached hydrogen (secondary N) is 1. The van der Waals surface area contributed by atoms with Crippen molar-refractivity contribution in [2.75, 3.05) is 31.7 Å². The van der Waals surface area contributed by atoms with Crippen LogP contribution in [-0.2, 0) is 9.47 Å². The van der Waals surface area contributed by atoms with E-state index < -0.39 is 6.09 Å². The maximum Gasteiger partial charge on any atom is 0.411 e. The molecule has 1 amide bonds. The first-order valence-corrected chi connectivity index (χ1v) is 9.80. The summed E-state index contributed by atoms with van der Waals surface area (Å²) in [5, 5.41) is 13.3. The van der Waals surface area contributed by atoms with E-state index in [-0.39, 0.29) is 13.2 Å². The van der Waals surface area contributed by atoms with Gasteiger partial charge < -0.3 is 14.6 Å². The molecule has 0 spiro atoms. The number of aliphatic hydroxyl groups is 1. The zero-order chi connectivity index (χ0) is 19.3. The molecule has 8 heteroatoms. The lowest BCUT2D eigenvalue weighted by atomic mass is 10.1. The van der Waals surface area contributed by atoms with Crippen molar-refractivity contribution in [3.8, 4) is 11.4 Å². The van der Waals surface area contributed by atoms with E-state index in [2.05, 4.69) is 11.4 Å². The summed E-state index contributed by atoms with van der Waals surface area (Å²) in [4.78, 5) is 21.1. The third kappa shape index (κ3) is 4.04. The Morgan fingerprint density at radius 2 is 2.11 bits per heavy atom. The molecule has 1 aromatic carbocycles. The zero-order valence-electron chi connectivity index (χ0n) is 15.1. The van der Waals surface area contributed by atoms with Crippen molar-refractivity contribution >= 4 is 38.9 Å². The summed E-state index contributed by atoms with van der Waals surface area (Å²) >= 11 is 1.64. The molecule has 0 aliphatic carbocycles. The van der Waals surface area contributed by atoms with E-state index in [0.717, 1.165) is 27.9 Å². The van der Waals surface area contributed by atoms with Gasteiger partial charge in [0.2, 0.25) is 0 Å². The number of carbonyl (C=O) groups excluding carboxylic acids is 1. The van der Waals surface area contributed by atoms with Gasteiger partial charge in [-0.25, -0.2) is 14.8 Å². The number of carbonyl (C=O) groups is 1. The number of nitrogens with zero attached hydrogens (tertiary/aromatic N) is 2. The summed E-state index contributed by atoms with van der Waals surface area (Å²) in [5.74, 6) is 0.641. The van der Waals surface area contributed by atoms with Gasteiger partial charge in [-0.2, -0.15) is 0 Å². The predicted molar refractivity (Wildman–Crippen MR) is 108 cm³/mol. The number of aromatic nitrogens is 2. The highest BCUT2D eigenvalue weighted by Crippen LogP contribution is 2.32. The minimum atomic E-state index is -0.605. The summed E-state index contributed by atoms with van der Waals surface area (Å²) < 4.78 is 11.3. The maximum absolute atomic E-state index is 11.6. The van der Waals surface area contributed by atoms with Crippen LogP contribution in [0.2, 0.25) is 0 Å². The smallest absolute Gasteiger partial charge is 0.411 e. The highest BCUT2D eigenvalue weighted by Gasteiger charge is 2.16. The van der Waals surface area contributed by atoms with E-state index in [4.69, 9.17) is 24.5 Å². The van der Waals surface area contributed by atoms with Crippen LogP contribution in [0.3, 0.4) is 0 Å². The SMILES string of the molecule is O=C(Nc1ccc(-c2nc(C3=CCOCC3)c3sccc3n2)cc1)OCCO. The first-order chi connectivity index (χ1) is 13.7. The number of rotatable bonds is 5. The standard InChI is InChI=1S/C20H19N3O4S/c24-8-11-27-20(25)21-15-3-1-14(2-4-15)19-22-16-7-12-28-18(16)17(23-19)13-5-9-26-10-6-13/h1-5,7,12,24H,6,8-11H2,(H,21,25). The Bertz CT molecular complexity index is 1010. The van der Waals surface area contributed by atoms with Crippen LogP contribution in [0.4, 0.5) is 10.5 Å². The highest BCUT2D eigenvalue weighted by molar-refractivity contribution is 7.17. The van der Waals surface area contributed by atoms with Gasteiger partial charge in [0.05, 0.1) is 35.7 Å². The summed E-state index contributed by atoms with van der Waals surface area (Å²) in [6.07, 6.45) is 2.31. The van der Waals surface area contributed by atoms with Gasteiger partial charge in [0, 0.05) is 11.3 Å². The highest BCUT2D eigenvalue weighted by atomic mass is 32.1. The molecule has 0 fully saturated rings. The molecular formula is C20H19N3O4S. The van der Waals surface area contributed by atoms with E-state index in [1.807, 2.05) is 23.6 Å². The number of amides is 1. The van der Waals surface area contributed by atoms with Gasteiger partial charge in [0.15, 0.2) is 5.82 Å². The maximum atomic E-state index is 11.6. The second-order valence-corrected chi connectivity index (χ2v) is 7.06. The van der Waals surface area contributed by atoms with Gasteiger partial charge in [0.1, 0.15) is 6.61 Å². The molecule has 2 aromatic heterocycles. The van der Waals surface area contributed by atoms with E-state index in [1.54, 1.807) is 23.5 Å². The number of anilines is 1. The first-order valence-electron chi connectivity index (χ1n) is 8.92. The van der Waals surface area contributed by atoms with E-state index in [0.29, 0.717) is 24.7 Å². The number of thiophene rings is 1. The predicted octanol–water partition coefficient (Wildman–Crippen LogP) is 3.70. The summed E-state index contributed by atoms with van der Waals surface area (Å²) in [6.45, 7) is 1.06. The molecule has 4 rings (SSSR count). The lowest BCUT2D eigenvalue weighted by Gasteiger charge is -2.14. The van der Waals surface area contributed by atoms with Crippen LogP contribution in [0, 0.1) is 0 Å². The molecule has 0 bridgehead atoms. The fraction of sp³-hybridized carbons (Fsp3) is 0.250. The van der Waals surface area contributed by atoms with E-state index >= 15 is 0 Å². The normalized spacial score (nSPS) is 14.0. The summed E-state index contributed by atoms with van der Waals surface area (Å²) in [5.41, 5.74) is 4.53. The Morgan fingerprint density at radius 3 is 2.86 bits per heavy atom. The lowest BCUT2D eigenvalue weighted by molar-refractivity contribution is 0.131. The van der Waals surface area contributed by atoms with Crippen LogP contribution in [0.5, 0.6) is 0 Å². The van der Waals surface area contributed by atoms with Crippen molar-refractivity contribution in [2.24, 2.45) is 0 Å². The molecule has 0 saturated carbocycles. The number of hydrogen-bond acceptors (Lipinski definition) is 7. The topological polar surface area (TPSA) is 93.6 Å². The summed E-state index contributed by atoms with van der Waals surface area (Å²) in [6, 6.07) is 9.25. The van der Waals surface area contributed by atoms with Gasteiger partial charge in [0.25, 0.3) is 0 Å². The fourth-order valence-electron chi connectivity index (χ4n) is 2.95.